The van der Waals surface area contributed by atoms with Gasteiger partial charge in [0, 0.05) is 12.8 Å². The van der Waals surface area contributed by atoms with Crippen molar-refractivity contribution in [2.45, 2.75) is 51.0 Å². The van der Waals surface area contributed by atoms with Gasteiger partial charge in [-0.1, -0.05) is 6.92 Å². The van der Waals surface area contributed by atoms with Crippen LogP contribution < -0.4 is 5.32 Å². The molecule has 18 heavy (non-hydrogen) atoms. The van der Waals surface area contributed by atoms with Crippen molar-refractivity contribution in [1.82, 2.24) is 5.32 Å². The zero-order chi connectivity index (χ0) is 13.6. The molecule has 5 heteroatoms. The topological polar surface area (TPSA) is 79.2 Å². The third kappa shape index (κ3) is 3.46. The van der Waals surface area contributed by atoms with Crippen molar-refractivity contribution in [1.29, 1.82) is 5.26 Å². The number of esters is 1. The van der Waals surface area contributed by atoms with Gasteiger partial charge in [-0.3, -0.25) is 9.59 Å². The van der Waals surface area contributed by atoms with Gasteiger partial charge in [-0.2, -0.15) is 5.26 Å². The fourth-order valence-electron chi connectivity index (χ4n) is 2.37. The average molecular weight is 252 g/mol. The Hall–Kier alpha value is -1.57. The molecule has 1 aliphatic rings. The Labute approximate surface area is 107 Å². The Bertz CT molecular complexity index is 362. The number of hydrogen-bond acceptors (Lipinski definition) is 4. The third-order valence-corrected chi connectivity index (χ3v) is 3.62. The van der Waals surface area contributed by atoms with Crippen molar-refractivity contribution in [3.05, 3.63) is 0 Å². The normalized spacial score (nSPS) is 26.4. The predicted molar refractivity (Wildman–Crippen MR) is 65.4 cm³/mol. The van der Waals surface area contributed by atoms with E-state index in [1.807, 2.05) is 6.92 Å². The first-order valence-corrected chi connectivity index (χ1v) is 6.33. The molecule has 0 heterocycles. The Kier molecular flexibility index (Phi) is 5.14. The van der Waals surface area contributed by atoms with Crippen molar-refractivity contribution in [2.75, 3.05) is 7.11 Å². The fraction of sp³-hybridized carbons (Fsp3) is 0.769. The van der Waals surface area contributed by atoms with Gasteiger partial charge in [0.05, 0.1) is 13.2 Å². The average Bonchev–Trinajstić information content (AvgIpc) is 2.71. The quantitative estimate of drug-likeness (QED) is 0.752. The summed E-state index contributed by atoms with van der Waals surface area (Å²) in [5, 5.41) is 12.1. The molecule has 1 fully saturated rings. The summed E-state index contributed by atoms with van der Waals surface area (Å²) in [6, 6.07) is 2.24. The molecule has 1 rings (SSSR count). The molecular formula is C13H20N2O3. The predicted octanol–water partition coefficient (Wildman–Crippen LogP) is 1.53. The molecule has 0 bridgehead atoms. The molecule has 100 valence electrons. The maximum atomic E-state index is 11.8. The van der Waals surface area contributed by atoms with Gasteiger partial charge in [-0.05, 0) is 31.6 Å². The lowest BCUT2D eigenvalue weighted by molar-refractivity contribution is -0.140. The molecule has 0 saturated heterocycles. The maximum Gasteiger partial charge on any atom is 0.305 e. The van der Waals surface area contributed by atoms with Gasteiger partial charge in [0.2, 0.25) is 5.91 Å². The summed E-state index contributed by atoms with van der Waals surface area (Å²) in [7, 11) is 1.33. The molecule has 1 saturated carbocycles. The molecular weight excluding hydrogens is 232 g/mol. The molecule has 0 spiro atoms. The molecule has 2 atom stereocenters. The van der Waals surface area contributed by atoms with Gasteiger partial charge < -0.3 is 10.1 Å². The number of nitriles is 1. The second kappa shape index (κ2) is 6.39. The molecule has 1 aliphatic carbocycles. The van der Waals surface area contributed by atoms with E-state index in [4.69, 9.17) is 0 Å². The molecule has 0 aromatic heterocycles. The van der Waals surface area contributed by atoms with E-state index in [0.717, 1.165) is 12.8 Å². The summed E-state index contributed by atoms with van der Waals surface area (Å²) in [5.74, 6) is -0.284. The van der Waals surface area contributed by atoms with Gasteiger partial charge in [0.25, 0.3) is 0 Å². The van der Waals surface area contributed by atoms with Crippen LogP contribution in [-0.2, 0) is 14.3 Å². The van der Waals surface area contributed by atoms with E-state index >= 15 is 0 Å². The second-order valence-corrected chi connectivity index (χ2v) is 4.85. The molecule has 0 aromatic carbocycles. The summed E-state index contributed by atoms with van der Waals surface area (Å²) in [5.41, 5.74) is -0.706. The number of methoxy groups -OCH3 is 1. The number of nitrogens with zero attached hydrogens (tertiary/aromatic N) is 1. The Morgan fingerprint density at radius 1 is 1.50 bits per heavy atom. The summed E-state index contributed by atoms with van der Waals surface area (Å²) >= 11 is 0. The Morgan fingerprint density at radius 2 is 2.22 bits per heavy atom. The largest absolute Gasteiger partial charge is 0.469 e. The monoisotopic (exact) mass is 252 g/mol. The third-order valence-electron chi connectivity index (χ3n) is 3.62. The van der Waals surface area contributed by atoms with Crippen LogP contribution in [-0.4, -0.2) is 24.5 Å². The molecule has 0 aromatic rings. The van der Waals surface area contributed by atoms with Crippen LogP contribution in [0, 0.1) is 17.2 Å². The van der Waals surface area contributed by atoms with E-state index in [9.17, 15) is 14.9 Å². The zero-order valence-electron chi connectivity index (χ0n) is 11.0. The lowest BCUT2D eigenvalue weighted by Gasteiger charge is -2.27. The minimum atomic E-state index is -0.706. The van der Waals surface area contributed by atoms with Crippen LogP contribution in [0.2, 0.25) is 0 Å². The number of carbonyl (C=O) groups is 2. The summed E-state index contributed by atoms with van der Waals surface area (Å²) in [6.07, 6.45) is 3.60. The van der Waals surface area contributed by atoms with Crippen LogP contribution in [0.15, 0.2) is 0 Å². The van der Waals surface area contributed by atoms with Gasteiger partial charge in [-0.15, -0.1) is 0 Å². The number of amides is 1. The first-order chi connectivity index (χ1) is 8.54. The molecule has 0 radical (unpaired) electrons. The molecule has 5 nitrogen and oxygen atoms in total. The van der Waals surface area contributed by atoms with E-state index < -0.39 is 5.54 Å². The summed E-state index contributed by atoms with van der Waals surface area (Å²) in [6.45, 7) is 1.99. The minimum absolute atomic E-state index is 0.158. The smallest absolute Gasteiger partial charge is 0.305 e. The fourth-order valence-corrected chi connectivity index (χ4v) is 2.37. The van der Waals surface area contributed by atoms with Crippen molar-refractivity contribution in [2.24, 2.45) is 5.92 Å². The highest BCUT2D eigenvalue weighted by atomic mass is 16.5. The van der Waals surface area contributed by atoms with Crippen LogP contribution in [0.25, 0.3) is 0 Å². The molecule has 0 unspecified atom stereocenters. The van der Waals surface area contributed by atoms with E-state index in [0.29, 0.717) is 12.8 Å². The van der Waals surface area contributed by atoms with Crippen molar-refractivity contribution in [3.63, 3.8) is 0 Å². The van der Waals surface area contributed by atoms with E-state index in [2.05, 4.69) is 16.1 Å². The van der Waals surface area contributed by atoms with Crippen LogP contribution in [0.1, 0.15) is 45.4 Å². The minimum Gasteiger partial charge on any atom is -0.469 e. The highest BCUT2D eigenvalue weighted by Crippen LogP contribution is 2.34. The summed E-state index contributed by atoms with van der Waals surface area (Å²) < 4.78 is 4.50. The molecule has 1 amide bonds. The molecule has 1 N–H and O–H groups in total. The van der Waals surface area contributed by atoms with Crippen molar-refractivity contribution < 1.29 is 14.3 Å². The lowest BCUT2D eigenvalue weighted by Crippen LogP contribution is -2.49. The van der Waals surface area contributed by atoms with Gasteiger partial charge in [-0.25, -0.2) is 0 Å². The van der Waals surface area contributed by atoms with Gasteiger partial charge >= 0.3 is 5.97 Å². The van der Waals surface area contributed by atoms with Gasteiger partial charge in [0.15, 0.2) is 0 Å². The zero-order valence-corrected chi connectivity index (χ0v) is 11.0. The highest BCUT2D eigenvalue weighted by Gasteiger charge is 2.41. The van der Waals surface area contributed by atoms with E-state index in [1.165, 1.54) is 7.11 Å². The lowest BCUT2D eigenvalue weighted by atomic mass is 9.89. The summed E-state index contributed by atoms with van der Waals surface area (Å²) in [4.78, 5) is 22.7. The highest BCUT2D eigenvalue weighted by molar-refractivity contribution is 5.78. The van der Waals surface area contributed by atoms with Crippen molar-refractivity contribution in [3.8, 4) is 6.07 Å². The Balaban J connectivity index is 2.40. The second-order valence-electron chi connectivity index (χ2n) is 4.85. The number of hydrogen-bond donors (Lipinski definition) is 1. The van der Waals surface area contributed by atoms with Crippen LogP contribution in [0.4, 0.5) is 0 Å². The SMILES string of the molecule is COC(=O)CCCC(=O)N[C@@]1(C#N)CCC[C@@H]1C. The molecule has 0 aliphatic heterocycles. The first kappa shape index (κ1) is 14.5. The van der Waals surface area contributed by atoms with Crippen LogP contribution >= 0.6 is 0 Å². The number of ether oxygens (including phenoxy) is 1. The number of rotatable bonds is 5. The number of nitrogens with one attached hydrogen (secondary N) is 1. The van der Waals surface area contributed by atoms with Crippen molar-refractivity contribution >= 4 is 11.9 Å². The number of carbonyl (C=O) groups excluding carboxylic acids is 2. The Morgan fingerprint density at radius 3 is 2.72 bits per heavy atom. The van der Waals surface area contributed by atoms with E-state index in [1.54, 1.807) is 0 Å². The maximum absolute atomic E-state index is 11.8. The first-order valence-electron chi connectivity index (χ1n) is 6.33. The van der Waals surface area contributed by atoms with Crippen LogP contribution in [0.3, 0.4) is 0 Å². The van der Waals surface area contributed by atoms with E-state index in [-0.39, 0.29) is 30.6 Å². The standard InChI is InChI=1S/C13H20N2O3/c1-10-5-4-8-13(10,9-14)15-11(16)6-3-7-12(17)18-2/h10H,3-8H2,1-2H3,(H,15,16)/t10-,13+/m0/s1. The van der Waals surface area contributed by atoms with Gasteiger partial charge in [0.1, 0.15) is 5.54 Å². The van der Waals surface area contributed by atoms with Crippen LogP contribution in [0.5, 0.6) is 0 Å².